The van der Waals surface area contributed by atoms with Crippen molar-refractivity contribution in [1.29, 1.82) is 5.26 Å². The molecule has 1 aromatic carbocycles. The Morgan fingerprint density at radius 3 is 2.61 bits per heavy atom. The van der Waals surface area contributed by atoms with Crippen LogP contribution in [0.5, 0.6) is 0 Å². The summed E-state index contributed by atoms with van der Waals surface area (Å²) in [7, 11) is -0.926. The number of hydrogen-bond acceptors (Lipinski definition) is 3. The lowest BCUT2D eigenvalue weighted by molar-refractivity contribution is 0.676. The van der Waals surface area contributed by atoms with E-state index in [1.807, 2.05) is 36.6 Å². The van der Waals surface area contributed by atoms with Crippen LogP contribution < -0.4 is 0 Å². The summed E-state index contributed by atoms with van der Waals surface area (Å²) in [4.78, 5) is 1.15. The van der Waals surface area contributed by atoms with Crippen molar-refractivity contribution in [2.45, 2.75) is 17.9 Å². The monoisotopic (exact) mass is 275 g/mol. The second-order valence-electron chi connectivity index (χ2n) is 3.99. The van der Waals surface area contributed by atoms with Gasteiger partial charge in [0.2, 0.25) is 0 Å². The van der Waals surface area contributed by atoms with Crippen molar-refractivity contribution < 1.29 is 4.21 Å². The van der Waals surface area contributed by atoms with Gasteiger partial charge in [0, 0.05) is 21.4 Å². The van der Waals surface area contributed by atoms with E-state index in [0.717, 1.165) is 10.4 Å². The number of rotatable bonds is 4. The Morgan fingerprint density at radius 1 is 1.33 bits per heavy atom. The zero-order valence-corrected chi connectivity index (χ0v) is 11.6. The normalized spacial score (nSPS) is 13.8. The molecule has 0 N–H and O–H groups in total. The quantitative estimate of drug-likeness (QED) is 0.855. The first-order valence-corrected chi connectivity index (χ1v) is 7.86. The van der Waals surface area contributed by atoms with Crippen LogP contribution in [0.25, 0.3) is 0 Å². The summed E-state index contributed by atoms with van der Waals surface area (Å²) in [5.41, 5.74) is 1.64. The van der Waals surface area contributed by atoms with Gasteiger partial charge in [-0.05, 0) is 36.1 Å². The maximum atomic E-state index is 12.2. The fraction of sp³-hybridized carbons (Fsp3) is 0.214. The van der Waals surface area contributed by atoms with Crippen LogP contribution in [0.1, 0.15) is 28.2 Å². The molecule has 0 aliphatic heterocycles. The third-order valence-corrected chi connectivity index (χ3v) is 5.59. The van der Waals surface area contributed by atoms with Crippen molar-refractivity contribution in [3.63, 3.8) is 0 Å². The minimum absolute atomic E-state index is 0.0562. The lowest BCUT2D eigenvalue weighted by Crippen LogP contribution is -2.03. The average molecular weight is 275 g/mol. The molecule has 1 heterocycles. The van der Waals surface area contributed by atoms with Gasteiger partial charge in [-0.3, -0.25) is 4.21 Å². The van der Waals surface area contributed by atoms with Crippen LogP contribution in [-0.2, 0) is 16.6 Å². The standard InChI is InChI=1S/C14H13NOS2/c1-11(14-3-2-8-17-14)18(16)10-13-6-4-12(9-15)5-7-13/h2-8,11H,10H2,1H3. The molecule has 0 saturated heterocycles. The fourth-order valence-corrected chi connectivity index (χ4v) is 3.88. The van der Waals surface area contributed by atoms with Gasteiger partial charge in [0.15, 0.2) is 0 Å². The fourth-order valence-electron chi connectivity index (χ4n) is 1.62. The largest absolute Gasteiger partial charge is 0.259 e. The smallest absolute Gasteiger partial charge is 0.0991 e. The van der Waals surface area contributed by atoms with Gasteiger partial charge in [-0.15, -0.1) is 11.3 Å². The van der Waals surface area contributed by atoms with E-state index in [9.17, 15) is 4.21 Å². The van der Waals surface area contributed by atoms with Gasteiger partial charge in [-0.1, -0.05) is 18.2 Å². The maximum absolute atomic E-state index is 12.2. The Hall–Kier alpha value is -1.44. The van der Waals surface area contributed by atoms with Gasteiger partial charge in [-0.25, -0.2) is 0 Å². The second kappa shape index (κ2) is 5.94. The summed E-state index contributed by atoms with van der Waals surface area (Å²) in [6.45, 7) is 1.99. The summed E-state index contributed by atoms with van der Waals surface area (Å²) in [5.74, 6) is 0.533. The summed E-state index contributed by atoms with van der Waals surface area (Å²) in [5, 5.41) is 10.8. The molecular formula is C14H13NOS2. The lowest BCUT2D eigenvalue weighted by atomic mass is 10.2. The van der Waals surface area contributed by atoms with Crippen molar-refractivity contribution in [2.75, 3.05) is 0 Å². The molecule has 0 aliphatic carbocycles. The number of nitrogens with zero attached hydrogens (tertiary/aromatic N) is 1. The molecule has 0 spiro atoms. The third-order valence-electron chi connectivity index (χ3n) is 2.73. The molecule has 2 unspecified atom stereocenters. The lowest BCUT2D eigenvalue weighted by Gasteiger charge is -2.09. The van der Waals surface area contributed by atoms with Gasteiger partial charge in [-0.2, -0.15) is 5.26 Å². The van der Waals surface area contributed by atoms with Crippen LogP contribution >= 0.6 is 11.3 Å². The van der Waals surface area contributed by atoms with Gasteiger partial charge in [0.05, 0.1) is 16.9 Å². The minimum atomic E-state index is -0.926. The van der Waals surface area contributed by atoms with E-state index in [0.29, 0.717) is 11.3 Å². The van der Waals surface area contributed by atoms with E-state index in [-0.39, 0.29) is 5.25 Å². The highest BCUT2D eigenvalue weighted by Gasteiger charge is 2.14. The van der Waals surface area contributed by atoms with Gasteiger partial charge in [0.25, 0.3) is 0 Å². The number of nitriles is 1. The molecule has 0 bridgehead atoms. The molecule has 4 heteroatoms. The first kappa shape index (κ1) is 13.0. The van der Waals surface area contributed by atoms with Crippen LogP contribution in [0, 0.1) is 11.3 Å². The topological polar surface area (TPSA) is 40.9 Å². The minimum Gasteiger partial charge on any atom is -0.259 e. The number of benzene rings is 1. The van der Waals surface area contributed by atoms with Crippen molar-refractivity contribution in [1.82, 2.24) is 0 Å². The molecule has 2 aromatic rings. The number of hydrogen-bond donors (Lipinski definition) is 0. The molecule has 0 amide bonds. The SMILES string of the molecule is CC(c1cccs1)S(=O)Cc1ccc(C#N)cc1. The van der Waals surface area contributed by atoms with E-state index in [1.54, 1.807) is 23.5 Å². The summed E-state index contributed by atoms with van der Waals surface area (Å²) in [6, 6.07) is 13.4. The Kier molecular flexibility index (Phi) is 4.29. The summed E-state index contributed by atoms with van der Waals surface area (Å²) < 4.78 is 12.2. The van der Waals surface area contributed by atoms with Crippen LogP contribution in [0.2, 0.25) is 0 Å². The van der Waals surface area contributed by atoms with E-state index in [4.69, 9.17) is 5.26 Å². The first-order chi connectivity index (χ1) is 8.70. The molecular weight excluding hydrogens is 262 g/mol. The predicted octanol–water partition coefficient (Wildman–Crippen LogP) is 3.63. The molecule has 18 heavy (non-hydrogen) atoms. The van der Waals surface area contributed by atoms with Crippen molar-refractivity contribution in [3.05, 3.63) is 57.8 Å². The Labute approximate surface area is 113 Å². The Balaban J connectivity index is 2.05. The molecule has 2 rings (SSSR count). The van der Waals surface area contributed by atoms with Crippen molar-refractivity contribution >= 4 is 22.1 Å². The summed E-state index contributed by atoms with van der Waals surface area (Å²) >= 11 is 1.64. The van der Waals surface area contributed by atoms with E-state index < -0.39 is 10.8 Å². The van der Waals surface area contributed by atoms with Crippen LogP contribution in [0.15, 0.2) is 41.8 Å². The highest BCUT2D eigenvalue weighted by molar-refractivity contribution is 7.84. The van der Waals surface area contributed by atoms with Crippen LogP contribution in [-0.4, -0.2) is 4.21 Å². The number of thiophene rings is 1. The molecule has 0 radical (unpaired) electrons. The Bertz CT molecular complexity index is 567. The zero-order chi connectivity index (χ0) is 13.0. The van der Waals surface area contributed by atoms with Gasteiger partial charge in [0.1, 0.15) is 0 Å². The molecule has 2 atom stereocenters. The predicted molar refractivity (Wildman–Crippen MR) is 75.7 cm³/mol. The second-order valence-corrected chi connectivity index (χ2v) is 6.73. The van der Waals surface area contributed by atoms with Gasteiger partial charge >= 0.3 is 0 Å². The van der Waals surface area contributed by atoms with E-state index in [1.165, 1.54) is 0 Å². The third kappa shape index (κ3) is 3.06. The molecule has 0 fully saturated rings. The highest BCUT2D eigenvalue weighted by atomic mass is 32.2. The van der Waals surface area contributed by atoms with Crippen LogP contribution in [0.4, 0.5) is 0 Å². The Morgan fingerprint density at radius 2 is 2.06 bits per heavy atom. The first-order valence-electron chi connectivity index (χ1n) is 5.60. The molecule has 2 nitrogen and oxygen atoms in total. The van der Waals surface area contributed by atoms with Crippen LogP contribution in [0.3, 0.4) is 0 Å². The van der Waals surface area contributed by atoms with Gasteiger partial charge < -0.3 is 0 Å². The summed E-state index contributed by atoms with van der Waals surface area (Å²) in [6.07, 6.45) is 0. The molecule has 92 valence electrons. The molecule has 0 aliphatic rings. The molecule has 0 saturated carbocycles. The average Bonchev–Trinajstić information content (AvgIpc) is 2.92. The van der Waals surface area contributed by atoms with Crippen molar-refractivity contribution in [2.24, 2.45) is 0 Å². The zero-order valence-electron chi connectivity index (χ0n) is 10.00. The van der Waals surface area contributed by atoms with Crippen molar-refractivity contribution in [3.8, 4) is 6.07 Å². The van der Waals surface area contributed by atoms with E-state index >= 15 is 0 Å². The maximum Gasteiger partial charge on any atom is 0.0991 e. The molecule has 1 aromatic heterocycles. The van der Waals surface area contributed by atoms with E-state index in [2.05, 4.69) is 6.07 Å². The highest BCUT2D eigenvalue weighted by Crippen LogP contribution is 2.25.